The smallest absolute Gasteiger partial charge is 0.0897 e. The summed E-state index contributed by atoms with van der Waals surface area (Å²) in [5.74, 6) is 0.960. The highest BCUT2D eigenvalue weighted by atomic mass is 79.9. The van der Waals surface area contributed by atoms with Gasteiger partial charge in [0, 0.05) is 29.3 Å². The predicted octanol–water partition coefficient (Wildman–Crippen LogP) is 2.81. The van der Waals surface area contributed by atoms with E-state index in [1.807, 2.05) is 0 Å². The molecule has 2 bridgehead atoms. The molecule has 3 aliphatic rings. The Morgan fingerprint density at radius 3 is 3.07 bits per heavy atom. The largest absolute Gasteiger partial charge is 0.291 e. The van der Waals surface area contributed by atoms with Crippen molar-refractivity contribution < 1.29 is 0 Å². The minimum absolute atomic E-state index is 0.474. The molecule has 4 heteroatoms. The Balaban J connectivity index is 1.74. The first-order chi connectivity index (χ1) is 7.22. The van der Waals surface area contributed by atoms with Gasteiger partial charge >= 0.3 is 0 Å². The molecule has 3 heterocycles. The number of nitrogens with zero attached hydrogens (tertiary/aromatic N) is 2. The summed E-state index contributed by atoms with van der Waals surface area (Å²) in [5.41, 5.74) is 1.73. The maximum absolute atomic E-state index is 4.55. The van der Waals surface area contributed by atoms with E-state index in [0.717, 1.165) is 17.8 Å². The number of aryl methyl sites for hydroxylation is 1. The fourth-order valence-electron chi connectivity index (χ4n) is 3.01. The van der Waals surface area contributed by atoms with Gasteiger partial charge in [-0.05, 0) is 25.7 Å². The van der Waals surface area contributed by atoms with Crippen LogP contribution in [-0.2, 0) is 6.54 Å². The normalized spacial score (nSPS) is 34.4. The van der Waals surface area contributed by atoms with E-state index in [0.29, 0.717) is 5.54 Å². The summed E-state index contributed by atoms with van der Waals surface area (Å²) in [6.45, 7) is 4.41. The number of fused-ring (bicyclic) bond motifs is 1. The third-order valence-electron chi connectivity index (χ3n) is 3.75. The fourth-order valence-corrected chi connectivity index (χ4v) is 4.43. The molecule has 1 saturated carbocycles. The lowest BCUT2D eigenvalue weighted by atomic mass is 9.75. The first-order valence-electron chi connectivity index (χ1n) is 5.44. The number of thiazole rings is 1. The van der Waals surface area contributed by atoms with Crippen molar-refractivity contribution in [3.05, 3.63) is 16.1 Å². The lowest BCUT2D eigenvalue weighted by molar-refractivity contribution is 0.129. The molecule has 2 aliphatic heterocycles. The number of rotatable bonds is 3. The number of hydrogen-bond donors (Lipinski definition) is 0. The molecule has 2 saturated heterocycles. The van der Waals surface area contributed by atoms with Crippen LogP contribution in [0.3, 0.4) is 0 Å². The van der Waals surface area contributed by atoms with Crippen molar-refractivity contribution in [3.63, 3.8) is 0 Å². The molecule has 4 rings (SSSR count). The van der Waals surface area contributed by atoms with Gasteiger partial charge in [0.25, 0.3) is 0 Å². The van der Waals surface area contributed by atoms with E-state index in [1.54, 1.807) is 11.3 Å². The highest BCUT2D eigenvalue weighted by Crippen LogP contribution is 2.51. The molecule has 2 nitrogen and oxygen atoms in total. The Morgan fingerprint density at radius 1 is 1.67 bits per heavy atom. The standard InChI is InChI=1S/C11H15BrN2S/c1-8-13-10(6-15-8)5-14-4-9-2-11(14,3-9)7-12/h6,9H,2-5,7H2,1H3. The van der Waals surface area contributed by atoms with Crippen molar-refractivity contribution in [2.45, 2.75) is 31.8 Å². The summed E-state index contributed by atoms with van der Waals surface area (Å²) in [5, 5.41) is 4.51. The second-order valence-electron chi connectivity index (χ2n) is 4.87. The summed E-state index contributed by atoms with van der Waals surface area (Å²) in [4.78, 5) is 7.18. The van der Waals surface area contributed by atoms with Gasteiger partial charge < -0.3 is 0 Å². The monoisotopic (exact) mass is 286 g/mol. The summed E-state index contributed by atoms with van der Waals surface area (Å²) in [6.07, 6.45) is 2.78. The van der Waals surface area contributed by atoms with Gasteiger partial charge in [-0.25, -0.2) is 4.98 Å². The topological polar surface area (TPSA) is 16.1 Å². The van der Waals surface area contributed by atoms with E-state index < -0.39 is 0 Å². The third kappa shape index (κ3) is 1.58. The van der Waals surface area contributed by atoms with Gasteiger partial charge in [-0.15, -0.1) is 11.3 Å². The van der Waals surface area contributed by atoms with Crippen molar-refractivity contribution in [1.82, 2.24) is 9.88 Å². The van der Waals surface area contributed by atoms with Gasteiger partial charge in [-0.2, -0.15) is 0 Å². The molecular weight excluding hydrogens is 272 g/mol. The molecule has 0 spiro atoms. The number of aromatic nitrogens is 1. The van der Waals surface area contributed by atoms with Crippen LogP contribution in [0.2, 0.25) is 0 Å². The second kappa shape index (κ2) is 3.54. The highest BCUT2D eigenvalue weighted by molar-refractivity contribution is 9.09. The molecule has 0 atom stereocenters. The summed E-state index contributed by atoms with van der Waals surface area (Å²) < 4.78 is 0. The van der Waals surface area contributed by atoms with Gasteiger partial charge in [-0.1, -0.05) is 15.9 Å². The Bertz CT molecular complexity index is 370. The molecule has 3 fully saturated rings. The molecule has 82 valence electrons. The highest BCUT2D eigenvalue weighted by Gasteiger charge is 2.54. The minimum atomic E-state index is 0.474. The van der Waals surface area contributed by atoms with Crippen LogP contribution in [0.25, 0.3) is 0 Å². The summed E-state index contributed by atoms with van der Waals surface area (Å²) >= 11 is 5.43. The van der Waals surface area contributed by atoms with Crippen molar-refractivity contribution >= 4 is 27.3 Å². The molecule has 0 N–H and O–H groups in total. The van der Waals surface area contributed by atoms with Gasteiger partial charge in [0.1, 0.15) is 0 Å². The maximum atomic E-state index is 4.55. The lowest BCUT2D eigenvalue weighted by Crippen LogP contribution is -2.47. The van der Waals surface area contributed by atoms with Gasteiger partial charge in [0.2, 0.25) is 0 Å². The minimum Gasteiger partial charge on any atom is -0.291 e. The van der Waals surface area contributed by atoms with Crippen LogP contribution in [0, 0.1) is 12.8 Å². The third-order valence-corrected chi connectivity index (χ3v) is 5.62. The van der Waals surface area contributed by atoms with E-state index in [1.165, 1.54) is 30.1 Å². The van der Waals surface area contributed by atoms with Crippen LogP contribution in [0.4, 0.5) is 0 Å². The Kier molecular flexibility index (Phi) is 2.41. The van der Waals surface area contributed by atoms with Gasteiger partial charge in [0.15, 0.2) is 0 Å². The fraction of sp³-hybridized carbons (Fsp3) is 0.727. The maximum Gasteiger partial charge on any atom is 0.0897 e. The SMILES string of the molecule is Cc1nc(CN2CC3CC2(CBr)C3)cs1. The lowest BCUT2D eigenvalue weighted by Gasteiger charge is -2.40. The summed E-state index contributed by atoms with van der Waals surface area (Å²) in [7, 11) is 0. The Hall–Kier alpha value is 0.0700. The van der Waals surface area contributed by atoms with Crippen LogP contribution >= 0.6 is 27.3 Å². The van der Waals surface area contributed by atoms with Crippen LogP contribution in [0.1, 0.15) is 23.5 Å². The molecule has 1 aromatic rings. The van der Waals surface area contributed by atoms with E-state index in [4.69, 9.17) is 0 Å². The second-order valence-corrected chi connectivity index (χ2v) is 6.49. The molecular formula is C11H15BrN2S. The van der Waals surface area contributed by atoms with Gasteiger partial charge in [-0.3, -0.25) is 4.90 Å². The Morgan fingerprint density at radius 2 is 2.47 bits per heavy atom. The molecule has 0 amide bonds. The average Bonchev–Trinajstić information content (AvgIpc) is 2.78. The van der Waals surface area contributed by atoms with Crippen LogP contribution in [-0.4, -0.2) is 27.3 Å². The van der Waals surface area contributed by atoms with Crippen molar-refractivity contribution in [2.24, 2.45) is 5.92 Å². The van der Waals surface area contributed by atoms with E-state index >= 15 is 0 Å². The van der Waals surface area contributed by atoms with Crippen LogP contribution in [0.5, 0.6) is 0 Å². The molecule has 1 aliphatic carbocycles. The van der Waals surface area contributed by atoms with Gasteiger partial charge in [0.05, 0.1) is 10.7 Å². The van der Waals surface area contributed by atoms with E-state index in [-0.39, 0.29) is 0 Å². The quantitative estimate of drug-likeness (QED) is 0.795. The molecule has 0 unspecified atom stereocenters. The molecule has 15 heavy (non-hydrogen) atoms. The Labute approximate surface area is 103 Å². The van der Waals surface area contributed by atoms with Crippen LogP contribution in [0.15, 0.2) is 5.38 Å². The van der Waals surface area contributed by atoms with Crippen molar-refractivity contribution in [3.8, 4) is 0 Å². The first kappa shape index (κ1) is 10.2. The summed E-state index contributed by atoms with van der Waals surface area (Å²) in [6, 6.07) is 0. The molecule has 0 radical (unpaired) electrons. The van der Waals surface area contributed by atoms with E-state index in [2.05, 4.69) is 38.1 Å². The van der Waals surface area contributed by atoms with E-state index in [9.17, 15) is 0 Å². The number of halogens is 1. The predicted molar refractivity (Wildman–Crippen MR) is 66.5 cm³/mol. The number of hydrogen-bond acceptors (Lipinski definition) is 3. The zero-order valence-electron chi connectivity index (χ0n) is 8.87. The first-order valence-corrected chi connectivity index (χ1v) is 7.44. The zero-order valence-corrected chi connectivity index (χ0v) is 11.3. The average molecular weight is 287 g/mol. The van der Waals surface area contributed by atoms with Crippen molar-refractivity contribution in [1.29, 1.82) is 0 Å². The van der Waals surface area contributed by atoms with Crippen molar-refractivity contribution in [2.75, 3.05) is 11.9 Å². The number of alkyl halides is 1. The van der Waals surface area contributed by atoms with Crippen LogP contribution < -0.4 is 0 Å². The molecule has 1 aromatic heterocycles. The molecule has 0 aromatic carbocycles. The zero-order chi connectivity index (χ0) is 10.5.